The molecule has 3 heteroatoms. The standard InChI is InChI=1S/C19H19F3/c1-12-2-4-13(5-3-12)14-6-8-15(9-7-14)16-10-17(20)19(22)18(21)11-16/h6-13H,2-5H2,1H3/t12-,13-. The highest BCUT2D eigenvalue weighted by atomic mass is 19.2. The van der Waals surface area contributed by atoms with Crippen molar-refractivity contribution in [2.45, 2.75) is 38.5 Å². The quantitative estimate of drug-likeness (QED) is 0.591. The molecule has 1 aliphatic rings. The molecule has 0 N–H and O–H groups in total. The Hall–Kier alpha value is -1.77. The van der Waals surface area contributed by atoms with E-state index in [4.69, 9.17) is 0 Å². The maximum Gasteiger partial charge on any atom is 0.194 e. The normalized spacial score (nSPS) is 21.8. The van der Waals surface area contributed by atoms with E-state index < -0.39 is 17.5 Å². The average molecular weight is 304 g/mol. The van der Waals surface area contributed by atoms with Gasteiger partial charge in [0.15, 0.2) is 17.5 Å². The first kappa shape index (κ1) is 15.1. The first-order chi connectivity index (χ1) is 10.5. The summed E-state index contributed by atoms with van der Waals surface area (Å²) < 4.78 is 39.6. The van der Waals surface area contributed by atoms with Crippen molar-refractivity contribution in [1.29, 1.82) is 0 Å². The van der Waals surface area contributed by atoms with Crippen LogP contribution in [0.15, 0.2) is 36.4 Å². The second-order valence-corrected chi connectivity index (χ2v) is 6.33. The monoisotopic (exact) mass is 304 g/mol. The zero-order chi connectivity index (χ0) is 15.7. The maximum atomic E-state index is 13.3. The third-order valence-corrected chi connectivity index (χ3v) is 4.72. The van der Waals surface area contributed by atoms with Crippen LogP contribution in [0.25, 0.3) is 11.1 Å². The number of rotatable bonds is 2. The van der Waals surface area contributed by atoms with Crippen LogP contribution in [0.1, 0.15) is 44.1 Å². The van der Waals surface area contributed by atoms with Crippen molar-refractivity contribution in [2.24, 2.45) is 5.92 Å². The van der Waals surface area contributed by atoms with Gasteiger partial charge in [0.1, 0.15) is 0 Å². The van der Waals surface area contributed by atoms with Crippen molar-refractivity contribution in [3.05, 3.63) is 59.4 Å². The number of halogens is 3. The predicted molar refractivity (Wildman–Crippen MR) is 82.1 cm³/mol. The lowest BCUT2D eigenvalue weighted by molar-refractivity contribution is 0.348. The Kier molecular flexibility index (Phi) is 4.23. The number of hydrogen-bond acceptors (Lipinski definition) is 0. The molecule has 1 aliphatic carbocycles. The van der Waals surface area contributed by atoms with Crippen LogP contribution >= 0.6 is 0 Å². The molecule has 22 heavy (non-hydrogen) atoms. The van der Waals surface area contributed by atoms with Crippen molar-refractivity contribution in [1.82, 2.24) is 0 Å². The molecule has 0 bridgehead atoms. The molecule has 2 aromatic rings. The Morgan fingerprint density at radius 1 is 0.773 bits per heavy atom. The fourth-order valence-electron chi connectivity index (χ4n) is 3.26. The van der Waals surface area contributed by atoms with Gasteiger partial charge in [0.2, 0.25) is 0 Å². The SMILES string of the molecule is C[C@H]1CC[C@H](c2ccc(-c3cc(F)c(F)c(F)c3)cc2)CC1. The van der Waals surface area contributed by atoms with E-state index in [-0.39, 0.29) is 0 Å². The largest absolute Gasteiger partial charge is 0.204 e. The zero-order valence-corrected chi connectivity index (χ0v) is 12.6. The zero-order valence-electron chi connectivity index (χ0n) is 12.6. The Bertz CT molecular complexity index is 630. The summed E-state index contributed by atoms with van der Waals surface area (Å²) >= 11 is 0. The fourth-order valence-corrected chi connectivity index (χ4v) is 3.26. The van der Waals surface area contributed by atoms with Crippen LogP contribution in [0.3, 0.4) is 0 Å². The molecule has 0 amide bonds. The average Bonchev–Trinajstić information content (AvgIpc) is 2.53. The summed E-state index contributed by atoms with van der Waals surface area (Å²) in [6.07, 6.45) is 4.89. The third kappa shape index (κ3) is 3.03. The van der Waals surface area contributed by atoms with E-state index in [0.29, 0.717) is 17.0 Å². The van der Waals surface area contributed by atoms with E-state index in [2.05, 4.69) is 6.92 Å². The predicted octanol–water partition coefficient (Wildman–Crippen LogP) is 6.06. The van der Waals surface area contributed by atoms with Crippen molar-refractivity contribution in [2.75, 3.05) is 0 Å². The summed E-state index contributed by atoms with van der Waals surface area (Å²) in [6.45, 7) is 2.29. The van der Waals surface area contributed by atoms with E-state index in [1.807, 2.05) is 24.3 Å². The van der Waals surface area contributed by atoms with Crippen LogP contribution in [0.2, 0.25) is 0 Å². The fraction of sp³-hybridized carbons (Fsp3) is 0.368. The van der Waals surface area contributed by atoms with Crippen molar-refractivity contribution in [3.63, 3.8) is 0 Å². The molecule has 1 fully saturated rings. The van der Waals surface area contributed by atoms with E-state index in [9.17, 15) is 13.2 Å². The van der Waals surface area contributed by atoms with Gasteiger partial charge in [-0.3, -0.25) is 0 Å². The van der Waals surface area contributed by atoms with E-state index >= 15 is 0 Å². The van der Waals surface area contributed by atoms with Gasteiger partial charge in [-0.15, -0.1) is 0 Å². The molecular formula is C19H19F3. The molecular weight excluding hydrogens is 285 g/mol. The van der Waals surface area contributed by atoms with Gasteiger partial charge in [0.05, 0.1) is 0 Å². The van der Waals surface area contributed by atoms with E-state index in [0.717, 1.165) is 18.1 Å². The summed E-state index contributed by atoms with van der Waals surface area (Å²) in [7, 11) is 0. The first-order valence-corrected chi connectivity index (χ1v) is 7.79. The van der Waals surface area contributed by atoms with Gasteiger partial charge >= 0.3 is 0 Å². The van der Waals surface area contributed by atoms with Gasteiger partial charge in [0.25, 0.3) is 0 Å². The molecule has 0 spiro atoms. The number of hydrogen-bond donors (Lipinski definition) is 0. The molecule has 0 atom stereocenters. The minimum atomic E-state index is -1.42. The van der Waals surface area contributed by atoms with Crippen LogP contribution in [0.4, 0.5) is 13.2 Å². The van der Waals surface area contributed by atoms with Crippen LogP contribution in [-0.2, 0) is 0 Å². The molecule has 0 nitrogen and oxygen atoms in total. The van der Waals surface area contributed by atoms with Gasteiger partial charge in [0, 0.05) is 0 Å². The highest BCUT2D eigenvalue weighted by Crippen LogP contribution is 2.36. The van der Waals surface area contributed by atoms with Gasteiger partial charge in [-0.1, -0.05) is 44.0 Å². The molecule has 0 saturated heterocycles. The van der Waals surface area contributed by atoms with Gasteiger partial charge < -0.3 is 0 Å². The highest BCUT2D eigenvalue weighted by Gasteiger charge is 2.19. The third-order valence-electron chi connectivity index (χ3n) is 4.72. The summed E-state index contributed by atoms with van der Waals surface area (Å²) in [4.78, 5) is 0. The van der Waals surface area contributed by atoms with E-state index in [1.165, 1.54) is 31.2 Å². The summed E-state index contributed by atoms with van der Waals surface area (Å²) in [5, 5.41) is 0. The Morgan fingerprint density at radius 2 is 1.32 bits per heavy atom. The molecule has 116 valence electrons. The number of benzene rings is 2. The van der Waals surface area contributed by atoms with Gasteiger partial charge in [-0.2, -0.15) is 0 Å². The van der Waals surface area contributed by atoms with Crippen LogP contribution in [0, 0.1) is 23.4 Å². The van der Waals surface area contributed by atoms with Crippen molar-refractivity contribution in [3.8, 4) is 11.1 Å². The van der Waals surface area contributed by atoms with E-state index in [1.54, 1.807) is 0 Å². The van der Waals surface area contributed by atoms with Crippen LogP contribution < -0.4 is 0 Å². The summed E-state index contributed by atoms with van der Waals surface area (Å²) in [5.41, 5.74) is 2.34. The second kappa shape index (κ2) is 6.15. The lowest BCUT2D eigenvalue weighted by Crippen LogP contribution is -2.10. The Balaban J connectivity index is 1.82. The van der Waals surface area contributed by atoms with Crippen LogP contribution in [-0.4, -0.2) is 0 Å². The molecule has 2 aromatic carbocycles. The minimum Gasteiger partial charge on any atom is -0.204 e. The smallest absolute Gasteiger partial charge is 0.194 e. The van der Waals surface area contributed by atoms with Crippen molar-refractivity contribution >= 4 is 0 Å². The maximum absolute atomic E-state index is 13.3. The van der Waals surface area contributed by atoms with Gasteiger partial charge in [-0.25, -0.2) is 13.2 Å². The van der Waals surface area contributed by atoms with Crippen molar-refractivity contribution < 1.29 is 13.2 Å². The summed E-state index contributed by atoms with van der Waals surface area (Å²) in [5.74, 6) is -2.34. The molecule has 0 aromatic heterocycles. The lowest BCUT2D eigenvalue weighted by Gasteiger charge is -2.26. The molecule has 0 unspecified atom stereocenters. The lowest BCUT2D eigenvalue weighted by atomic mass is 9.79. The Labute approximate surface area is 129 Å². The topological polar surface area (TPSA) is 0 Å². The van der Waals surface area contributed by atoms with Gasteiger partial charge in [-0.05, 0) is 53.5 Å². The summed E-state index contributed by atoms with van der Waals surface area (Å²) in [6, 6.07) is 9.84. The molecule has 3 rings (SSSR count). The molecule has 0 heterocycles. The van der Waals surface area contributed by atoms with Crippen LogP contribution in [0.5, 0.6) is 0 Å². The molecule has 0 radical (unpaired) electrons. The molecule has 0 aliphatic heterocycles. The Morgan fingerprint density at radius 3 is 1.86 bits per heavy atom. The minimum absolute atomic E-state index is 0.361. The second-order valence-electron chi connectivity index (χ2n) is 6.33. The highest BCUT2D eigenvalue weighted by molar-refractivity contribution is 5.64. The first-order valence-electron chi connectivity index (χ1n) is 7.79. The molecule has 1 saturated carbocycles.